The number of carbonyl (C=O) groups is 2. The first-order valence-corrected chi connectivity index (χ1v) is 9.52. The van der Waals surface area contributed by atoms with E-state index >= 15 is 0 Å². The molecule has 1 aromatic carbocycles. The molecule has 3 heterocycles. The van der Waals surface area contributed by atoms with Crippen LogP contribution >= 0.6 is 15.9 Å². The predicted molar refractivity (Wildman–Crippen MR) is 98.8 cm³/mol. The summed E-state index contributed by atoms with van der Waals surface area (Å²) >= 11 is 3.55. The lowest BCUT2D eigenvalue weighted by Gasteiger charge is -2.47. The topological polar surface area (TPSA) is 82.9 Å². The Morgan fingerprint density at radius 3 is 2.63 bits per heavy atom. The summed E-state index contributed by atoms with van der Waals surface area (Å²) in [5, 5.41) is 10.0. The summed E-state index contributed by atoms with van der Waals surface area (Å²) in [5.74, 6) is 0.768. The van der Waals surface area contributed by atoms with Crippen molar-refractivity contribution in [2.24, 2.45) is 5.41 Å². The second kappa shape index (κ2) is 5.61. The SMILES string of the molecule is CN1C(=O)C2C[C@](C)(C#N)[C@H](c3c(Br)ccc4c3OCO4)N2C(=O)C1(C)C. The van der Waals surface area contributed by atoms with Crippen LogP contribution in [0.2, 0.25) is 0 Å². The number of nitrogens with zero attached hydrogens (tertiary/aromatic N) is 3. The van der Waals surface area contributed by atoms with Crippen molar-refractivity contribution in [1.29, 1.82) is 5.26 Å². The molecule has 8 heteroatoms. The zero-order valence-electron chi connectivity index (χ0n) is 15.6. The van der Waals surface area contributed by atoms with Gasteiger partial charge in [-0.05, 0) is 39.3 Å². The Bertz CT molecular complexity index is 909. The van der Waals surface area contributed by atoms with Crippen molar-refractivity contribution in [2.75, 3.05) is 13.8 Å². The number of halogens is 1. The number of ether oxygens (including phenoxy) is 2. The molecule has 0 bridgehead atoms. The van der Waals surface area contributed by atoms with Crippen LogP contribution in [-0.2, 0) is 9.59 Å². The number of hydrogen-bond acceptors (Lipinski definition) is 5. The number of likely N-dealkylation sites (N-methyl/N-ethyl adjacent to an activating group) is 1. The van der Waals surface area contributed by atoms with Gasteiger partial charge >= 0.3 is 0 Å². The lowest BCUT2D eigenvalue weighted by atomic mass is 9.79. The van der Waals surface area contributed by atoms with E-state index < -0.39 is 23.0 Å². The van der Waals surface area contributed by atoms with Crippen molar-refractivity contribution in [1.82, 2.24) is 9.80 Å². The number of piperazine rings is 1. The summed E-state index contributed by atoms with van der Waals surface area (Å²) in [4.78, 5) is 29.5. The van der Waals surface area contributed by atoms with Crippen LogP contribution in [0.25, 0.3) is 0 Å². The van der Waals surface area contributed by atoms with E-state index in [1.807, 2.05) is 6.07 Å². The van der Waals surface area contributed by atoms with Crippen molar-refractivity contribution in [2.45, 2.75) is 44.8 Å². The molecule has 0 aromatic heterocycles. The van der Waals surface area contributed by atoms with Crippen LogP contribution in [0.3, 0.4) is 0 Å². The van der Waals surface area contributed by atoms with Gasteiger partial charge in [-0.3, -0.25) is 9.59 Å². The fraction of sp³-hybridized carbons (Fsp3) is 0.526. The van der Waals surface area contributed by atoms with Crippen molar-refractivity contribution in [3.63, 3.8) is 0 Å². The molecule has 142 valence electrons. The van der Waals surface area contributed by atoms with Crippen LogP contribution in [0.4, 0.5) is 0 Å². The first-order valence-electron chi connectivity index (χ1n) is 8.73. The van der Waals surface area contributed by atoms with E-state index in [1.165, 1.54) is 4.90 Å². The van der Waals surface area contributed by atoms with E-state index in [4.69, 9.17) is 9.47 Å². The number of hydrogen-bond donors (Lipinski definition) is 0. The van der Waals surface area contributed by atoms with Gasteiger partial charge in [0.2, 0.25) is 18.6 Å². The highest BCUT2D eigenvalue weighted by Gasteiger charge is 2.62. The van der Waals surface area contributed by atoms with Gasteiger partial charge in [-0.1, -0.05) is 15.9 Å². The highest BCUT2D eigenvalue weighted by atomic mass is 79.9. The van der Waals surface area contributed by atoms with Gasteiger partial charge in [-0.25, -0.2) is 0 Å². The van der Waals surface area contributed by atoms with Gasteiger partial charge in [-0.2, -0.15) is 5.26 Å². The molecule has 2 fully saturated rings. The van der Waals surface area contributed by atoms with Gasteiger partial charge in [0.05, 0.1) is 17.5 Å². The third-order valence-corrected chi connectivity index (χ3v) is 6.79. The number of carbonyl (C=O) groups excluding carboxylic acids is 2. The Morgan fingerprint density at radius 1 is 1.26 bits per heavy atom. The van der Waals surface area contributed by atoms with Crippen molar-refractivity contribution < 1.29 is 19.1 Å². The summed E-state index contributed by atoms with van der Waals surface area (Å²) in [7, 11) is 1.64. The zero-order chi connectivity index (χ0) is 19.7. The van der Waals surface area contributed by atoms with Crippen LogP contribution in [0.15, 0.2) is 16.6 Å². The molecule has 27 heavy (non-hydrogen) atoms. The molecular formula is C19H20BrN3O4. The second-order valence-electron chi connectivity index (χ2n) is 8.02. The first kappa shape index (κ1) is 18.1. The first-order chi connectivity index (χ1) is 12.6. The normalized spacial score (nSPS) is 31.1. The summed E-state index contributed by atoms with van der Waals surface area (Å²) in [6.45, 7) is 5.34. The quantitative estimate of drug-likeness (QED) is 0.679. The molecule has 1 unspecified atom stereocenters. The molecule has 3 atom stereocenters. The molecule has 0 N–H and O–H groups in total. The maximum atomic E-state index is 13.4. The van der Waals surface area contributed by atoms with Crippen LogP contribution < -0.4 is 9.47 Å². The Balaban J connectivity index is 1.95. The molecule has 1 aromatic rings. The summed E-state index contributed by atoms with van der Waals surface area (Å²) in [5.41, 5.74) is -1.26. The smallest absolute Gasteiger partial charge is 0.249 e. The highest BCUT2D eigenvalue weighted by Crippen LogP contribution is 2.57. The average Bonchev–Trinajstić information content (AvgIpc) is 3.22. The molecule has 3 aliphatic rings. The van der Waals surface area contributed by atoms with E-state index in [0.29, 0.717) is 17.1 Å². The lowest BCUT2D eigenvalue weighted by molar-refractivity contribution is -0.166. The van der Waals surface area contributed by atoms with Gasteiger partial charge in [-0.15, -0.1) is 0 Å². The fourth-order valence-corrected chi connectivity index (χ4v) is 4.84. The van der Waals surface area contributed by atoms with E-state index in [1.54, 1.807) is 38.8 Å². The van der Waals surface area contributed by atoms with E-state index in [-0.39, 0.29) is 25.0 Å². The van der Waals surface area contributed by atoms with Crippen LogP contribution in [0.1, 0.15) is 38.8 Å². The Kier molecular flexibility index (Phi) is 3.77. The largest absolute Gasteiger partial charge is 0.454 e. The molecule has 3 aliphatic heterocycles. The average molecular weight is 434 g/mol. The molecule has 0 saturated carbocycles. The summed E-state index contributed by atoms with van der Waals surface area (Å²) in [6, 6.07) is 4.68. The van der Waals surface area contributed by atoms with E-state index in [2.05, 4.69) is 22.0 Å². The van der Waals surface area contributed by atoms with Gasteiger partial charge in [0.15, 0.2) is 11.5 Å². The minimum atomic E-state index is -0.992. The summed E-state index contributed by atoms with van der Waals surface area (Å²) in [6.07, 6.45) is 0.274. The highest BCUT2D eigenvalue weighted by molar-refractivity contribution is 9.10. The maximum Gasteiger partial charge on any atom is 0.249 e. The summed E-state index contributed by atoms with van der Waals surface area (Å²) < 4.78 is 11.9. The minimum Gasteiger partial charge on any atom is -0.454 e. The molecule has 0 radical (unpaired) electrons. The van der Waals surface area contributed by atoms with Gasteiger partial charge in [0, 0.05) is 17.1 Å². The molecule has 7 nitrogen and oxygen atoms in total. The molecule has 2 amide bonds. The monoisotopic (exact) mass is 433 g/mol. The number of amides is 2. The number of fused-ring (bicyclic) bond motifs is 2. The number of benzene rings is 1. The Labute approximate surface area is 165 Å². The van der Waals surface area contributed by atoms with Gasteiger partial charge in [0.1, 0.15) is 11.6 Å². The maximum absolute atomic E-state index is 13.4. The van der Waals surface area contributed by atoms with E-state index in [0.717, 1.165) is 4.47 Å². The third-order valence-electron chi connectivity index (χ3n) is 6.10. The molecule has 0 aliphatic carbocycles. The van der Waals surface area contributed by atoms with E-state index in [9.17, 15) is 14.9 Å². The number of rotatable bonds is 1. The molecule has 4 rings (SSSR count). The number of nitriles is 1. The minimum absolute atomic E-state index is 0.0826. The Hall–Kier alpha value is -2.27. The van der Waals surface area contributed by atoms with Crippen LogP contribution in [-0.4, -0.2) is 47.0 Å². The van der Waals surface area contributed by atoms with Gasteiger partial charge in [0.25, 0.3) is 0 Å². The zero-order valence-corrected chi connectivity index (χ0v) is 17.2. The third kappa shape index (κ3) is 2.24. The van der Waals surface area contributed by atoms with Crippen molar-refractivity contribution in [3.8, 4) is 17.6 Å². The molecular weight excluding hydrogens is 414 g/mol. The molecule has 0 spiro atoms. The molecule has 2 saturated heterocycles. The van der Waals surface area contributed by atoms with Crippen molar-refractivity contribution >= 4 is 27.7 Å². The Morgan fingerprint density at radius 2 is 1.96 bits per heavy atom. The lowest BCUT2D eigenvalue weighted by Crippen LogP contribution is -2.66. The van der Waals surface area contributed by atoms with Crippen LogP contribution in [0, 0.1) is 16.7 Å². The second-order valence-corrected chi connectivity index (χ2v) is 8.87. The van der Waals surface area contributed by atoms with Gasteiger partial charge < -0.3 is 19.3 Å². The van der Waals surface area contributed by atoms with Crippen LogP contribution in [0.5, 0.6) is 11.5 Å². The standard InChI is InChI=1S/C19H20BrN3O4/c1-18(2)17(25)23-11(16(24)22(18)4)7-19(3,8-21)15(23)13-10(20)5-6-12-14(13)27-9-26-12/h5-6,11,15H,7,9H2,1-4H3/t11?,15-,19+/m0/s1. The van der Waals surface area contributed by atoms with Crippen molar-refractivity contribution in [3.05, 3.63) is 22.2 Å². The predicted octanol–water partition coefficient (Wildman–Crippen LogP) is 2.60. The fourth-order valence-electron chi connectivity index (χ4n) is 4.31.